The molecule has 1 heterocycles. The lowest BCUT2D eigenvalue weighted by atomic mass is 9.96. The number of methoxy groups -OCH3 is 1. The number of ether oxygens (including phenoxy) is 1. The minimum Gasteiger partial charge on any atom is -0.497 e. The van der Waals surface area contributed by atoms with Crippen LogP contribution < -0.4 is 4.74 Å². The van der Waals surface area contributed by atoms with Crippen LogP contribution in [0.4, 0.5) is 0 Å². The Morgan fingerprint density at radius 2 is 2.27 bits per heavy atom. The van der Waals surface area contributed by atoms with Crippen molar-refractivity contribution in [3.8, 4) is 5.75 Å². The summed E-state index contributed by atoms with van der Waals surface area (Å²) in [6, 6.07) is 6.27. The summed E-state index contributed by atoms with van der Waals surface area (Å²) in [7, 11) is 1.71. The Morgan fingerprint density at radius 1 is 1.33 bits per heavy atom. The Kier molecular flexibility index (Phi) is 1.94. The van der Waals surface area contributed by atoms with Crippen molar-refractivity contribution in [3.05, 3.63) is 35.9 Å². The second-order valence-corrected chi connectivity index (χ2v) is 4.03. The van der Waals surface area contributed by atoms with Gasteiger partial charge in [0.1, 0.15) is 5.75 Å². The summed E-state index contributed by atoms with van der Waals surface area (Å²) < 4.78 is 5.23. The molecule has 1 aliphatic carbocycles. The molecule has 1 aromatic heterocycles. The zero-order chi connectivity index (χ0) is 10.3. The second-order valence-electron chi connectivity index (χ2n) is 4.03. The molecule has 1 aromatic carbocycles. The highest BCUT2D eigenvalue weighted by atomic mass is 16.5. The van der Waals surface area contributed by atoms with Crippen molar-refractivity contribution in [1.82, 2.24) is 4.98 Å². The SMILES string of the molecule is COc1ccc2c3c([nH]c2c1)CC[CH]C3. The molecule has 0 amide bonds. The predicted octanol–water partition coefficient (Wildman–Crippen LogP) is 2.87. The number of fused-ring (bicyclic) bond motifs is 3. The largest absolute Gasteiger partial charge is 0.497 e. The smallest absolute Gasteiger partial charge is 0.120 e. The van der Waals surface area contributed by atoms with Crippen LogP contribution in [0.2, 0.25) is 0 Å². The van der Waals surface area contributed by atoms with Crippen molar-refractivity contribution in [2.24, 2.45) is 0 Å². The first kappa shape index (κ1) is 8.84. The number of rotatable bonds is 1. The molecule has 1 aliphatic rings. The highest BCUT2D eigenvalue weighted by Gasteiger charge is 2.15. The summed E-state index contributed by atoms with van der Waals surface area (Å²) in [6.45, 7) is 0. The Bertz CT molecular complexity index is 498. The summed E-state index contributed by atoms with van der Waals surface area (Å²) in [4.78, 5) is 3.49. The monoisotopic (exact) mass is 200 g/mol. The van der Waals surface area contributed by atoms with Crippen molar-refractivity contribution in [3.63, 3.8) is 0 Å². The molecule has 0 aliphatic heterocycles. The molecule has 2 aromatic rings. The molecule has 1 radical (unpaired) electrons. The summed E-state index contributed by atoms with van der Waals surface area (Å²) >= 11 is 0. The molecule has 0 spiro atoms. The summed E-state index contributed by atoms with van der Waals surface area (Å²) in [6.07, 6.45) is 5.80. The number of aromatic nitrogens is 1. The van der Waals surface area contributed by atoms with E-state index in [1.165, 1.54) is 28.6 Å². The normalized spacial score (nSPS) is 15.3. The fourth-order valence-corrected chi connectivity index (χ4v) is 2.36. The fraction of sp³-hybridized carbons (Fsp3) is 0.308. The van der Waals surface area contributed by atoms with Gasteiger partial charge in [0.15, 0.2) is 0 Å². The van der Waals surface area contributed by atoms with Crippen molar-refractivity contribution in [1.29, 1.82) is 0 Å². The van der Waals surface area contributed by atoms with Crippen LogP contribution in [0.3, 0.4) is 0 Å². The molecule has 0 atom stereocenters. The van der Waals surface area contributed by atoms with E-state index in [1.54, 1.807) is 7.11 Å². The topological polar surface area (TPSA) is 25.0 Å². The molecule has 0 unspecified atom stereocenters. The molecule has 0 saturated carbocycles. The van der Waals surface area contributed by atoms with Gasteiger partial charge in [0.05, 0.1) is 7.11 Å². The van der Waals surface area contributed by atoms with Gasteiger partial charge in [-0.15, -0.1) is 0 Å². The minimum absolute atomic E-state index is 0.921. The van der Waals surface area contributed by atoms with Gasteiger partial charge in [0, 0.05) is 22.7 Å². The van der Waals surface area contributed by atoms with E-state index in [1.807, 2.05) is 6.07 Å². The van der Waals surface area contributed by atoms with E-state index in [9.17, 15) is 0 Å². The van der Waals surface area contributed by atoms with Crippen LogP contribution in [0.25, 0.3) is 10.9 Å². The predicted molar refractivity (Wildman–Crippen MR) is 61.2 cm³/mol. The molecule has 0 fully saturated rings. The summed E-state index contributed by atoms with van der Waals surface area (Å²) in [5, 5.41) is 1.35. The van der Waals surface area contributed by atoms with Crippen LogP contribution in [0, 0.1) is 6.42 Å². The highest BCUT2D eigenvalue weighted by Crippen LogP contribution is 2.30. The van der Waals surface area contributed by atoms with Crippen molar-refractivity contribution in [2.75, 3.05) is 7.11 Å². The quantitative estimate of drug-likeness (QED) is 0.752. The summed E-state index contributed by atoms with van der Waals surface area (Å²) in [5.41, 5.74) is 4.08. The van der Waals surface area contributed by atoms with Gasteiger partial charge in [-0.3, -0.25) is 0 Å². The fourth-order valence-electron chi connectivity index (χ4n) is 2.36. The van der Waals surface area contributed by atoms with Gasteiger partial charge in [-0.25, -0.2) is 0 Å². The maximum Gasteiger partial charge on any atom is 0.120 e. The standard InChI is InChI=1S/C13H14NO/c1-15-9-6-7-11-10-4-2-3-5-12(10)14-13(11)8-9/h2,6-8,14H,3-5H2,1H3. The molecule has 3 rings (SSSR count). The minimum atomic E-state index is 0.921. The number of aromatic amines is 1. The molecule has 0 bridgehead atoms. The van der Waals surface area contributed by atoms with Crippen LogP contribution in [0.1, 0.15) is 17.7 Å². The zero-order valence-corrected chi connectivity index (χ0v) is 8.84. The lowest BCUT2D eigenvalue weighted by Gasteiger charge is -2.09. The van der Waals surface area contributed by atoms with Crippen LogP contribution in [-0.4, -0.2) is 12.1 Å². The Morgan fingerprint density at radius 3 is 3.13 bits per heavy atom. The van der Waals surface area contributed by atoms with Gasteiger partial charge in [0.25, 0.3) is 0 Å². The lowest BCUT2D eigenvalue weighted by molar-refractivity contribution is 0.415. The average molecular weight is 200 g/mol. The third-order valence-corrected chi connectivity index (χ3v) is 3.15. The van der Waals surface area contributed by atoms with E-state index in [0.717, 1.165) is 18.6 Å². The number of aryl methyl sites for hydroxylation is 1. The number of hydrogen-bond donors (Lipinski definition) is 1. The number of benzene rings is 1. The lowest BCUT2D eigenvalue weighted by Crippen LogP contribution is -2.00. The van der Waals surface area contributed by atoms with Crippen molar-refractivity contribution >= 4 is 10.9 Å². The molecule has 0 saturated heterocycles. The zero-order valence-electron chi connectivity index (χ0n) is 8.84. The molecular weight excluding hydrogens is 186 g/mol. The van der Waals surface area contributed by atoms with Crippen molar-refractivity contribution in [2.45, 2.75) is 19.3 Å². The Balaban J connectivity index is 2.22. The molecule has 2 heteroatoms. The van der Waals surface area contributed by atoms with Gasteiger partial charge in [-0.05, 0) is 43.4 Å². The van der Waals surface area contributed by atoms with Crippen LogP contribution in [0.15, 0.2) is 18.2 Å². The highest BCUT2D eigenvalue weighted by molar-refractivity contribution is 5.86. The van der Waals surface area contributed by atoms with E-state index in [0.29, 0.717) is 0 Å². The van der Waals surface area contributed by atoms with E-state index in [2.05, 4.69) is 23.5 Å². The van der Waals surface area contributed by atoms with Gasteiger partial charge in [-0.1, -0.05) is 0 Å². The second kappa shape index (κ2) is 3.30. The molecule has 77 valence electrons. The first-order chi connectivity index (χ1) is 7.38. The van der Waals surface area contributed by atoms with E-state index < -0.39 is 0 Å². The maximum atomic E-state index is 5.23. The van der Waals surface area contributed by atoms with Gasteiger partial charge < -0.3 is 9.72 Å². The third kappa shape index (κ3) is 1.32. The number of H-pyrrole nitrogens is 1. The van der Waals surface area contributed by atoms with Crippen LogP contribution in [-0.2, 0) is 12.8 Å². The van der Waals surface area contributed by atoms with E-state index in [4.69, 9.17) is 4.74 Å². The van der Waals surface area contributed by atoms with Gasteiger partial charge in [0.2, 0.25) is 0 Å². The van der Waals surface area contributed by atoms with Crippen LogP contribution in [0.5, 0.6) is 5.75 Å². The van der Waals surface area contributed by atoms with Gasteiger partial charge >= 0.3 is 0 Å². The number of nitrogens with one attached hydrogen (secondary N) is 1. The first-order valence-electron chi connectivity index (χ1n) is 5.37. The molecule has 1 N–H and O–H groups in total. The average Bonchev–Trinajstić information content (AvgIpc) is 2.66. The molecule has 15 heavy (non-hydrogen) atoms. The third-order valence-electron chi connectivity index (χ3n) is 3.15. The maximum absolute atomic E-state index is 5.23. The van der Waals surface area contributed by atoms with Crippen molar-refractivity contribution < 1.29 is 4.74 Å². The Labute approximate surface area is 89.3 Å². The van der Waals surface area contributed by atoms with E-state index >= 15 is 0 Å². The Hall–Kier alpha value is -1.44. The van der Waals surface area contributed by atoms with Crippen LogP contribution >= 0.6 is 0 Å². The van der Waals surface area contributed by atoms with E-state index in [-0.39, 0.29) is 0 Å². The first-order valence-corrected chi connectivity index (χ1v) is 5.37. The summed E-state index contributed by atoms with van der Waals surface area (Å²) in [5.74, 6) is 0.921. The van der Waals surface area contributed by atoms with Gasteiger partial charge in [-0.2, -0.15) is 0 Å². The molecular formula is C13H14NO. The number of hydrogen-bond acceptors (Lipinski definition) is 1. The molecule has 2 nitrogen and oxygen atoms in total.